The number of nitrogens with zero attached hydrogens (tertiary/aromatic N) is 1. The van der Waals surface area contributed by atoms with Crippen molar-refractivity contribution in [1.82, 2.24) is 4.98 Å². The van der Waals surface area contributed by atoms with Crippen LogP contribution in [0.15, 0.2) is 36.4 Å². The summed E-state index contributed by atoms with van der Waals surface area (Å²) in [5.74, 6) is 2.03. The van der Waals surface area contributed by atoms with Gasteiger partial charge in [-0.1, -0.05) is 23.7 Å². The highest BCUT2D eigenvalue weighted by Gasteiger charge is 2.18. The molecule has 2 N–H and O–H groups in total. The number of carbonyl (C=O) groups is 1. The molecule has 0 radical (unpaired) electrons. The third kappa shape index (κ3) is 3.06. The number of rotatable bonds is 3. The first-order chi connectivity index (χ1) is 12.5. The molecule has 1 aromatic heterocycles. The quantitative estimate of drug-likeness (QED) is 0.625. The highest BCUT2D eigenvalue weighted by Crippen LogP contribution is 2.37. The first-order valence-electron chi connectivity index (χ1n) is 8.53. The van der Waals surface area contributed by atoms with E-state index in [-0.39, 0.29) is 11.7 Å². The molecule has 0 saturated carbocycles. The molecule has 26 heavy (non-hydrogen) atoms. The molecular weight excluding hydrogens is 368 g/mol. The maximum absolute atomic E-state index is 11.9. The van der Waals surface area contributed by atoms with Gasteiger partial charge in [0, 0.05) is 41.2 Å². The van der Waals surface area contributed by atoms with Gasteiger partial charge in [-0.2, -0.15) is 11.8 Å². The van der Waals surface area contributed by atoms with E-state index in [0.29, 0.717) is 21.5 Å². The van der Waals surface area contributed by atoms with Gasteiger partial charge < -0.3 is 15.0 Å². The SMILES string of the molecule is CC(=O)c1c(O)[nH]c2cc(Cl)c(-c3ccc(N4CCSCC4)cc3)cc12. The van der Waals surface area contributed by atoms with Gasteiger partial charge in [-0.05, 0) is 36.8 Å². The van der Waals surface area contributed by atoms with Crippen molar-refractivity contribution in [3.8, 4) is 17.0 Å². The summed E-state index contributed by atoms with van der Waals surface area (Å²) in [4.78, 5) is 17.1. The van der Waals surface area contributed by atoms with Crippen LogP contribution in [0.1, 0.15) is 17.3 Å². The fraction of sp³-hybridized carbons (Fsp3) is 0.250. The van der Waals surface area contributed by atoms with Crippen molar-refractivity contribution in [2.24, 2.45) is 0 Å². The molecule has 2 heterocycles. The number of hydrogen-bond donors (Lipinski definition) is 2. The Morgan fingerprint density at radius 3 is 2.54 bits per heavy atom. The van der Waals surface area contributed by atoms with E-state index < -0.39 is 0 Å². The minimum atomic E-state index is -0.180. The zero-order valence-electron chi connectivity index (χ0n) is 14.4. The van der Waals surface area contributed by atoms with E-state index in [0.717, 1.165) is 35.7 Å². The minimum absolute atomic E-state index is 0.112. The van der Waals surface area contributed by atoms with Crippen molar-refractivity contribution in [1.29, 1.82) is 0 Å². The number of halogens is 1. The molecule has 0 unspecified atom stereocenters. The Bertz CT molecular complexity index is 976. The number of H-pyrrole nitrogens is 1. The number of carbonyl (C=O) groups excluding carboxylic acids is 1. The van der Waals surface area contributed by atoms with Crippen LogP contribution in [0.25, 0.3) is 22.0 Å². The summed E-state index contributed by atoms with van der Waals surface area (Å²) >= 11 is 8.46. The van der Waals surface area contributed by atoms with Gasteiger partial charge in [0.05, 0.1) is 16.1 Å². The zero-order chi connectivity index (χ0) is 18.3. The maximum atomic E-state index is 11.9. The van der Waals surface area contributed by atoms with Crippen molar-refractivity contribution in [2.75, 3.05) is 29.5 Å². The largest absolute Gasteiger partial charge is 0.494 e. The lowest BCUT2D eigenvalue weighted by Gasteiger charge is -2.28. The van der Waals surface area contributed by atoms with Crippen LogP contribution < -0.4 is 4.90 Å². The number of aromatic nitrogens is 1. The number of ketones is 1. The zero-order valence-corrected chi connectivity index (χ0v) is 16.0. The predicted molar refractivity (Wildman–Crippen MR) is 110 cm³/mol. The number of nitrogens with one attached hydrogen (secondary N) is 1. The van der Waals surface area contributed by atoms with E-state index in [1.165, 1.54) is 12.6 Å². The maximum Gasteiger partial charge on any atom is 0.200 e. The number of benzene rings is 2. The van der Waals surface area contributed by atoms with Crippen molar-refractivity contribution >= 4 is 45.7 Å². The van der Waals surface area contributed by atoms with Crippen LogP contribution in [-0.2, 0) is 0 Å². The molecule has 3 aromatic rings. The number of thioether (sulfide) groups is 1. The van der Waals surface area contributed by atoms with Crippen LogP contribution in [0, 0.1) is 0 Å². The van der Waals surface area contributed by atoms with E-state index in [1.807, 2.05) is 17.8 Å². The van der Waals surface area contributed by atoms with Crippen LogP contribution in [0.4, 0.5) is 5.69 Å². The van der Waals surface area contributed by atoms with E-state index >= 15 is 0 Å². The van der Waals surface area contributed by atoms with Crippen molar-refractivity contribution < 1.29 is 9.90 Å². The summed E-state index contributed by atoms with van der Waals surface area (Å²) in [7, 11) is 0. The highest BCUT2D eigenvalue weighted by molar-refractivity contribution is 7.99. The smallest absolute Gasteiger partial charge is 0.200 e. The first kappa shape index (κ1) is 17.3. The van der Waals surface area contributed by atoms with Gasteiger partial charge in [-0.25, -0.2) is 0 Å². The Balaban J connectivity index is 1.74. The van der Waals surface area contributed by atoms with Crippen LogP contribution in [0.2, 0.25) is 5.02 Å². The molecule has 0 amide bonds. The van der Waals surface area contributed by atoms with Crippen molar-refractivity contribution in [2.45, 2.75) is 6.92 Å². The fourth-order valence-electron chi connectivity index (χ4n) is 3.45. The Kier molecular flexibility index (Phi) is 4.59. The topological polar surface area (TPSA) is 56.3 Å². The van der Waals surface area contributed by atoms with Crippen LogP contribution in [-0.4, -0.2) is 40.5 Å². The van der Waals surface area contributed by atoms with Crippen molar-refractivity contribution in [3.63, 3.8) is 0 Å². The number of aromatic hydroxyl groups is 1. The Morgan fingerprint density at radius 2 is 1.88 bits per heavy atom. The molecule has 1 saturated heterocycles. The number of aromatic amines is 1. The second-order valence-corrected chi connectivity index (χ2v) is 8.06. The van der Waals surface area contributed by atoms with Gasteiger partial charge in [0.1, 0.15) is 0 Å². The summed E-state index contributed by atoms with van der Waals surface area (Å²) in [6.45, 7) is 3.59. The lowest BCUT2D eigenvalue weighted by atomic mass is 10.0. The molecule has 0 aliphatic carbocycles. The van der Waals surface area contributed by atoms with Gasteiger partial charge in [0.15, 0.2) is 5.78 Å². The molecule has 4 rings (SSSR count). The van der Waals surface area contributed by atoms with Gasteiger partial charge in [-0.3, -0.25) is 4.79 Å². The lowest BCUT2D eigenvalue weighted by molar-refractivity contribution is 0.101. The van der Waals surface area contributed by atoms with Crippen LogP contribution in [0.5, 0.6) is 5.88 Å². The van der Waals surface area contributed by atoms with Gasteiger partial charge >= 0.3 is 0 Å². The van der Waals surface area contributed by atoms with E-state index in [2.05, 4.69) is 34.1 Å². The van der Waals surface area contributed by atoms with Crippen molar-refractivity contribution in [3.05, 3.63) is 47.0 Å². The summed E-state index contributed by atoms with van der Waals surface area (Å²) in [5, 5.41) is 11.3. The normalized spacial score (nSPS) is 14.8. The number of anilines is 1. The molecule has 6 heteroatoms. The highest BCUT2D eigenvalue weighted by atomic mass is 35.5. The molecule has 134 valence electrons. The van der Waals surface area contributed by atoms with E-state index in [9.17, 15) is 9.90 Å². The Labute approximate surface area is 161 Å². The van der Waals surface area contributed by atoms with Gasteiger partial charge in [-0.15, -0.1) is 0 Å². The average Bonchev–Trinajstić information content (AvgIpc) is 2.96. The Hall–Kier alpha value is -2.11. The molecule has 1 fully saturated rings. The second kappa shape index (κ2) is 6.89. The minimum Gasteiger partial charge on any atom is -0.494 e. The summed E-state index contributed by atoms with van der Waals surface area (Å²) in [6, 6.07) is 12.0. The first-order valence-corrected chi connectivity index (χ1v) is 10.1. The molecule has 1 aliphatic heterocycles. The standard InChI is InChI=1S/C20H19ClN2O2S/c1-12(24)19-16-10-15(17(21)11-18(16)22-20(19)25)13-2-4-14(5-3-13)23-6-8-26-9-7-23/h2-5,10-11,22,25H,6-9H2,1H3. The summed E-state index contributed by atoms with van der Waals surface area (Å²) in [5.41, 5.74) is 4.02. The van der Waals surface area contributed by atoms with E-state index in [1.54, 1.807) is 6.07 Å². The molecular formula is C20H19ClN2O2S. The van der Waals surface area contributed by atoms with Crippen LogP contribution in [0.3, 0.4) is 0 Å². The molecule has 0 atom stereocenters. The average molecular weight is 387 g/mol. The molecule has 4 nitrogen and oxygen atoms in total. The molecule has 0 spiro atoms. The third-order valence-electron chi connectivity index (χ3n) is 4.77. The number of hydrogen-bond acceptors (Lipinski definition) is 4. The summed E-state index contributed by atoms with van der Waals surface area (Å²) < 4.78 is 0. The third-order valence-corrected chi connectivity index (χ3v) is 6.03. The van der Waals surface area contributed by atoms with E-state index in [4.69, 9.17) is 11.6 Å². The lowest BCUT2D eigenvalue weighted by Crippen LogP contribution is -2.32. The molecule has 0 bridgehead atoms. The molecule has 2 aromatic carbocycles. The van der Waals surface area contributed by atoms with Crippen LogP contribution >= 0.6 is 23.4 Å². The Morgan fingerprint density at radius 1 is 1.19 bits per heavy atom. The second-order valence-electron chi connectivity index (χ2n) is 6.43. The predicted octanol–water partition coefficient (Wildman–Crippen LogP) is 4.95. The number of Topliss-reactive ketones (excluding diaryl/α,β-unsaturated/α-hetero) is 1. The van der Waals surface area contributed by atoms with Gasteiger partial charge in [0.25, 0.3) is 0 Å². The summed E-state index contributed by atoms with van der Waals surface area (Å²) in [6.07, 6.45) is 0. The monoisotopic (exact) mass is 386 g/mol. The number of fused-ring (bicyclic) bond motifs is 1. The fourth-order valence-corrected chi connectivity index (χ4v) is 4.63. The van der Waals surface area contributed by atoms with Gasteiger partial charge in [0.2, 0.25) is 5.88 Å². The molecule has 1 aliphatic rings.